The first-order chi connectivity index (χ1) is 7.02. The van der Waals surface area contributed by atoms with Crippen LogP contribution in [0.3, 0.4) is 0 Å². The average molecular weight is 212 g/mol. The maximum atomic E-state index is 12.8. The van der Waals surface area contributed by atoms with Crippen molar-refractivity contribution in [3.63, 3.8) is 0 Å². The smallest absolute Gasteiger partial charge is 0.140 e. The van der Waals surface area contributed by atoms with E-state index in [-0.39, 0.29) is 18.1 Å². The normalized spacial score (nSPS) is 12.5. The summed E-state index contributed by atoms with van der Waals surface area (Å²) in [5, 5.41) is 0. The molecule has 1 aromatic rings. The Bertz CT molecular complexity index is 340. The van der Waals surface area contributed by atoms with Gasteiger partial charge in [0.15, 0.2) is 0 Å². The largest absolute Gasteiger partial charge is 0.299 e. The number of halogens is 2. The SMILES string of the molecule is CCC(C)C(=O)Cc1cc(F)cc(F)c1. The molecule has 0 saturated carbocycles. The van der Waals surface area contributed by atoms with E-state index in [1.54, 1.807) is 0 Å². The number of ketones is 1. The van der Waals surface area contributed by atoms with E-state index >= 15 is 0 Å². The van der Waals surface area contributed by atoms with Crippen molar-refractivity contribution in [3.05, 3.63) is 35.4 Å². The van der Waals surface area contributed by atoms with E-state index in [0.717, 1.165) is 12.5 Å². The zero-order valence-corrected chi connectivity index (χ0v) is 8.89. The monoisotopic (exact) mass is 212 g/mol. The summed E-state index contributed by atoms with van der Waals surface area (Å²) in [4.78, 5) is 11.5. The fourth-order valence-electron chi connectivity index (χ4n) is 1.32. The Hall–Kier alpha value is -1.25. The Balaban J connectivity index is 2.76. The molecule has 0 spiro atoms. The molecule has 1 aromatic carbocycles. The Morgan fingerprint density at radius 1 is 1.27 bits per heavy atom. The number of carbonyl (C=O) groups excluding carboxylic acids is 1. The summed E-state index contributed by atoms with van der Waals surface area (Å²) in [7, 11) is 0. The highest BCUT2D eigenvalue weighted by molar-refractivity contribution is 5.82. The second kappa shape index (κ2) is 5.01. The summed E-state index contributed by atoms with van der Waals surface area (Å²) in [6.07, 6.45) is 0.848. The molecule has 0 aliphatic heterocycles. The number of benzene rings is 1. The van der Waals surface area contributed by atoms with Gasteiger partial charge in [0.1, 0.15) is 17.4 Å². The highest BCUT2D eigenvalue weighted by atomic mass is 19.1. The molecular weight excluding hydrogens is 198 g/mol. The fraction of sp³-hybridized carbons (Fsp3) is 0.417. The predicted molar refractivity (Wildman–Crippen MR) is 54.5 cm³/mol. The van der Waals surface area contributed by atoms with Gasteiger partial charge in [-0.1, -0.05) is 13.8 Å². The van der Waals surface area contributed by atoms with Crippen LogP contribution in [0.4, 0.5) is 8.78 Å². The highest BCUT2D eigenvalue weighted by Crippen LogP contribution is 2.12. The molecule has 82 valence electrons. The van der Waals surface area contributed by atoms with Crippen molar-refractivity contribution in [2.45, 2.75) is 26.7 Å². The van der Waals surface area contributed by atoms with Gasteiger partial charge in [0.25, 0.3) is 0 Å². The van der Waals surface area contributed by atoms with Crippen LogP contribution < -0.4 is 0 Å². The van der Waals surface area contributed by atoms with Crippen LogP contribution in [-0.4, -0.2) is 5.78 Å². The van der Waals surface area contributed by atoms with E-state index in [4.69, 9.17) is 0 Å². The number of hydrogen-bond donors (Lipinski definition) is 0. The summed E-state index contributed by atoms with van der Waals surface area (Å²) in [5.41, 5.74) is 0.401. The van der Waals surface area contributed by atoms with Crippen molar-refractivity contribution >= 4 is 5.78 Å². The van der Waals surface area contributed by atoms with Crippen LogP contribution in [0.25, 0.3) is 0 Å². The number of rotatable bonds is 4. The third-order valence-corrected chi connectivity index (χ3v) is 2.46. The molecule has 0 radical (unpaired) electrons. The minimum absolute atomic E-state index is 0.0162. The minimum Gasteiger partial charge on any atom is -0.299 e. The number of hydrogen-bond acceptors (Lipinski definition) is 1. The molecule has 0 aliphatic rings. The van der Waals surface area contributed by atoms with E-state index in [1.807, 2.05) is 13.8 Å². The van der Waals surface area contributed by atoms with Gasteiger partial charge in [0.05, 0.1) is 0 Å². The Morgan fingerprint density at radius 3 is 2.27 bits per heavy atom. The second-order valence-corrected chi connectivity index (χ2v) is 3.73. The maximum absolute atomic E-state index is 12.8. The number of Topliss-reactive ketones (excluding diaryl/α,β-unsaturated/α-hetero) is 1. The molecule has 0 bridgehead atoms. The molecule has 0 N–H and O–H groups in total. The molecule has 15 heavy (non-hydrogen) atoms. The lowest BCUT2D eigenvalue weighted by molar-refractivity contribution is -0.121. The van der Waals surface area contributed by atoms with Crippen molar-refractivity contribution in [1.29, 1.82) is 0 Å². The molecule has 1 nitrogen and oxygen atoms in total. The topological polar surface area (TPSA) is 17.1 Å². The van der Waals surface area contributed by atoms with Crippen LogP contribution in [0.15, 0.2) is 18.2 Å². The molecule has 1 atom stereocenters. The van der Waals surface area contributed by atoms with E-state index < -0.39 is 11.6 Å². The summed E-state index contributed by atoms with van der Waals surface area (Å²) in [5.74, 6) is -1.32. The first-order valence-corrected chi connectivity index (χ1v) is 5.00. The Labute approximate surface area is 88.1 Å². The van der Waals surface area contributed by atoms with Crippen LogP contribution >= 0.6 is 0 Å². The van der Waals surface area contributed by atoms with Crippen LogP contribution in [0.5, 0.6) is 0 Å². The molecule has 0 aromatic heterocycles. The molecule has 0 amide bonds. The van der Waals surface area contributed by atoms with E-state index in [2.05, 4.69) is 0 Å². The first kappa shape index (κ1) is 11.8. The van der Waals surface area contributed by atoms with Crippen LogP contribution in [0, 0.1) is 17.6 Å². The predicted octanol–water partition coefficient (Wildman–Crippen LogP) is 3.12. The summed E-state index contributed by atoms with van der Waals surface area (Å²) in [6, 6.07) is 3.20. The molecule has 1 rings (SSSR count). The van der Waals surface area contributed by atoms with Gasteiger partial charge in [-0.3, -0.25) is 4.79 Å². The van der Waals surface area contributed by atoms with Crippen molar-refractivity contribution in [2.24, 2.45) is 5.92 Å². The Morgan fingerprint density at radius 2 is 1.80 bits per heavy atom. The van der Waals surface area contributed by atoms with E-state index in [9.17, 15) is 13.6 Å². The van der Waals surface area contributed by atoms with Gasteiger partial charge in [-0.25, -0.2) is 8.78 Å². The summed E-state index contributed by atoms with van der Waals surface area (Å²) < 4.78 is 25.6. The summed E-state index contributed by atoms with van der Waals surface area (Å²) in [6.45, 7) is 3.73. The molecular formula is C12H14F2O. The lowest BCUT2D eigenvalue weighted by Gasteiger charge is -2.07. The zero-order valence-electron chi connectivity index (χ0n) is 8.89. The molecule has 3 heteroatoms. The van der Waals surface area contributed by atoms with Crippen molar-refractivity contribution < 1.29 is 13.6 Å². The lowest BCUT2D eigenvalue weighted by atomic mass is 9.97. The molecule has 0 aliphatic carbocycles. The van der Waals surface area contributed by atoms with E-state index in [0.29, 0.717) is 5.56 Å². The van der Waals surface area contributed by atoms with Gasteiger partial charge in [-0.05, 0) is 24.1 Å². The van der Waals surface area contributed by atoms with Crippen molar-refractivity contribution in [1.82, 2.24) is 0 Å². The quantitative estimate of drug-likeness (QED) is 0.749. The van der Waals surface area contributed by atoms with Gasteiger partial charge in [-0.15, -0.1) is 0 Å². The van der Waals surface area contributed by atoms with E-state index in [1.165, 1.54) is 12.1 Å². The van der Waals surface area contributed by atoms with Gasteiger partial charge < -0.3 is 0 Å². The van der Waals surface area contributed by atoms with Crippen molar-refractivity contribution in [3.8, 4) is 0 Å². The molecule has 0 saturated heterocycles. The molecule has 0 fully saturated rings. The van der Waals surface area contributed by atoms with Crippen molar-refractivity contribution in [2.75, 3.05) is 0 Å². The average Bonchev–Trinajstić information content (AvgIpc) is 2.14. The highest BCUT2D eigenvalue weighted by Gasteiger charge is 2.12. The molecule has 1 unspecified atom stereocenters. The van der Waals surface area contributed by atoms with Gasteiger partial charge in [0, 0.05) is 18.4 Å². The third-order valence-electron chi connectivity index (χ3n) is 2.46. The third kappa shape index (κ3) is 3.42. The van der Waals surface area contributed by atoms with Crippen LogP contribution in [0.1, 0.15) is 25.8 Å². The maximum Gasteiger partial charge on any atom is 0.140 e. The van der Waals surface area contributed by atoms with Crippen LogP contribution in [0.2, 0.25) is 0 Å². The van der Waals surface area contributed by atoms with Gasteiger partial charge in [0.2, 0.25) is 0 Å². The van der Waals surface area contributed by atoms with Gasteiger partial charge in [-0.2, -0.15) is 0 Å². The second-order valence-electron chi connectivity index (χ2n) is 3.73. The lowest BCUT2D eigenvalue weighted by Crippen LogP contribution is -2.12. The zero-order chi connectivity index (χ0) is 11.4. The Kier molecular flexibility index (Phi) is 3.95. The van der Waals surface area contributed by atoms with Gasteiger partial charge >= 0.3 is 0 Å². The molecule has 0 heterocycles. The number of carbonyl (C=O) groups is 1. The first-order valence-electron chi connectivity index (χ1n) is 5.00. The summed E-state index contributed by atoms with van der Waals surface area (Å²) >= 11 is 0. The van der Waals surface area contributed by atoms with Crippen LogP contribution in [-0.2, 0) is 11.2 Å². The standard InChI is InChI=1S/C12H14F2O/c1-3-8(2)12(15)6-9-4-10(13)7-11(14)5-9/h4-5,7-8H,3,6H2,1-2H3. The fourth-order valence-corrected chi connectivity index (χ4v) is 1.32. The minimum atomic E-state index is -0.637.